The zero-order chi connectivity index (χ0) is 11.4. The van der Waals surface area contributed by atoms with Gasteiger partial charge in [-0.1, -0.05) is 6.92 Å². The molecule has 0 aromatic heterocycles. The molecule has 1 rings (SSSR count). The molecule has 1 aromatic carbocycles. The van der Waals surface area contributed by atoms with Gasteiger partial charge in [0.05, 0.1) is 12.2 Å². The molecule has 0 aliphatic rings. The molecule has 0 radical (unpaired) electrons. The Morgan fingerprint density at radius 3 is 2.60 bits per heavy atom. The minimum Gasteiger partial charge on any atom is -0.478 e. The van der Waals surface area contributed by atoms with Gasteiger partial charge in [0.25, 0.3) is 0 Å². The maximum atomic E-state index is 10.9. The summed E-state index contributed by atoms with van der Waals surface area (Å²) in [4.78, 5) is 10.9. The predicted octanol–water partition coefficient (Wildman–Crippen LogP) is 2.40. The van der Waals surface area contributed by atoms with Crippen LogP contribution in [0.15, 0.2) is 12.1 Å². The average molecular weight is 208 g/mol. The van der Waals surface area contributed by atoms with Gasteiger partial charge in [0, 0.05) is 7.11 Å². The second-order valence-corrected chi connectivity index (χ2v) is 3.52. The molecule has 0 fully saturated rings. The van der Waals surface area contributed by atoms with Crippen molar-refractivity contribution in [2.75, 3.05) is 7.11 Å². The van der Waals surface area contributed by atoms with Crippen LogP contribution >= 0.6 is 0 Å². The summed E-state index contributed by atoms with van der Waals surface area (Å²) in [5.41, 5.74) is 3.48. The van der Waals surface area contributed by atoms with E-state index in [0.29, 0.717) is 12.2 Å². The van der Waals surface area contributed by atoms with E-state index in [4.69, 9.17) is 9.84 Å². The van der Waals surface area contributed by atoms with E-state index in [1.807, 2.05) is 13.8 Å². The molecule has 82 valence electrons. The first kappa shape index (κ1) is 11.7. The average Bonchev–Trinajstić information content (AvgIpc) is 2.20. The number of carboxylic acids is 1. The highest BCUT2D eigenvalue weighted by molar-refractivity contribution is 5.88. The highest BCUT2D eigenvalue weighted by Crippen LogP contribution is 2.19. The van der Waals surface area contributed by atoms with E-state index in [2.05, 4.69) is 0 Å². The SMILES string of the molecule is CCc1cc(C(=O)O)cc(C)c1COC. The van der Waals surface area contributed by atoms with E-state index >= 15 is 0 Å². The third kappa shape index (κ3) is 2.57. The van der Waals surface area contributed by atoms with Gasteiger partial charge in [-0.3, -0.25) is 0 Å². The molecule has 0 aliphatic carbocycles. The quantitative estimate of drug-likeness (QED) is 0.826. The molecular weight excluding hydrogens is 192 g/mol. The summed E-state index contributed by atoms with van der Waals surface area (Å²) in [6, 6.07) is 3.42. The minimum atomic E-state index is -0.878. The van der Waals surface area contributed by atoms with Crippen molar-refractivity contribution in [2.24, 2.45) is 0 Å². The van der Waals surface area contributed by atoms with Crippen LogP contribution in [0.25, 0.3) is 0 Å². The molecule has 0 bridgehead atoms. The van der Waals surface area contributed by atoms with E-state index in [1.165, 1.54) is 0 Å². The van der Waals surface area contributed by atoms with Gasteiger partial charge < -0.3 is 9.84 Å². The lowest BCUT2D eigenvalue weighted by atomic mass is 9.97. The van der Waals surface area contributed by atoms with Crippen molar-refractivity contribution in [2.45, 2.75) is 26.9 Å². The van der Waals surface area contributed by atoms with Crippen LogP contribution < -0.4 is 0 Å². The molecule has 0 saturated carbocycles. The number of benzene rings is 1. The zero-order valence-electron chi connectivity index (χ0n) is 9.33. The molecule has 1 N–H and O–H groups in total. The number of carbonyl (C=O) groups is 1. The van der Waals surface area contributed by atoms with Gasteiger partial charge in [-0.2, -0.15) is 0 Å². The Morgan fingerprint density at radius 2 is 2.13 bits per heavy atom. The largest absolute Gasteiger partial charge is 0.478 e. The molecule has 0 aliphatic heterocycles. The summed E-state index contributed by atoms with van der Waals surface area (Å²) in [6.07, 6.45) is 0.820. The Bertz CT molecular complexity index is 369. The second-order valence-electron chi connectivity index (χ2n) is 3.52. The first-order valence-electron chi connectivity index (χ1n) is 4.94. The van der Waals surface area contributed by atoms with Crippen LogP contribution in [0.4, 0.5) is 0 Å². The Morgan fingerprint density at radius 1 is 1.47 bits per heavy atom. The van der Waals surface area contributed by atoms with Gasteiger partial charge in [-0.15, -0.1) is 0 Å². The number of rotatable bonds is 4. The van der Waals surface area contributed by atoms with E-state index in [0.717, 1.165) is 23.1 Å². The van der Waals surface area contributed by atoms with Gasteiger partial charge in [-0.05, 0) is 42.2 Å². The second kappa shape index (κ2) is 4.94. The topological polar surface area (TPSA) is 46.5 Å². The van der Waals surface area contributed by atoms with Crippen molar-refractivity contribution in [1.82, 2.24) is 0 Å². The summed E-state index contributed by atoms with van der Waals surface area (Å²) < 4.78 is 5.10. The summed E-state index contributed by atoms with van der Waals surface area (Å²) >= 11 is 0. The fraction of sp³-hybridized carbons (Fsp3) is 0.417. The fourth-order valence-electron chi connectivity index (χ4n) is 1.68. The van der Waals surface area contributed by atoms with Gasteiger partial charge in [0.15, 0.2) is 0 Å². The lowest BCUT2D eigenvalue weighted by molar-refractivity contribution is 0.0696. The van der Waals surface area contributed by atoms with Gasteiger partial charge >= 0.3 is 5.97 Å². The van der Waals surface area contributed by atoms with Crippen LogP contribution in [0.1, 0.15) is 34.0 Å². The number of ether oxygens (including phenoxy) is 1. The van der Waals surface area contributed by atoms with Crippen molar-refractivity contribution in [3.05, 3.63) is 34.4 Å². The highest BCUT2D eigenvalue weighted by Gasteiger charge is 2.10. The third-order valence-electron chi connectivity index (χ3n) is 2.48. The Balaban J connectivity index is 3.24. The summed E-state index contributed by atoms with van der Waals surface area (Å²) in [5.74, 6) is -0.878. The first-order valence-corrected chi connectivity index (χ1v) is 4.94. The van der Waals surface area contributed by atoms with Crippen molar-refractivity contribution in [3.8, 4) is 0 Å². The molecule has 3 heteroatoms. The summed E-state index contributed by atoms with van der Waals surface area (Å²) in [5, 5.41) is 8.92. The zero-order valence-corrected chi connectivity index (χ0v) is 9.33. The normalized spacial score (nSPS) is 10.3. The van der Waals surface area contributed by atoms with Crippen molar-refractivity contribution in [3.63, 3.8) is 0 Å². The van der Waals surface area contributed by atoms with E-state index in [1.54, 1.807) is 19.2 Å². The molecule has 0 amide bonds. The molecule has 0 heterocycles. The number of carboxylic acid groups (broad SMARTS) is 1. The maximum Gasteiger partial charge on any atom is 0.335 e. The van der Waals surface area contributed by atoms with Crippen molar-refractivity contribution in [1.29, 1.82) is 0 Å². The monoisotopic (exact) mass is 208 g/mol. The van der Waals surface area contributed by atoms with Crippen LogP contribution in [0.2, 0.25) is 0 Å². The molecule has 0 saturated heterocycles. The van der Waals surface area contributed by atoms with Crippen molar-refractivity contribution >= 4 is 5.97 Å². The Labute approximate surface area is 89.7 Å². The van der Waals surface area contributed by atoms with E-state index in [9.17, 15) is 4.79 Å². The number of aromatic carboxylic acids is 1. The number of hydrogen-bond donors (Lipinski definition) is 1. The number of hydrogen-bond acceptors (Lipinski definition) is 2. The van der Waals surface area contributed by atoms with Crippen LogP contribution in [-0.2, 0) is 17.8 Å². The molecule has 3 nitrogen and oxygen atoms in total. The van der Waals surface area contributed by atoms with Crippen LogP contribution in [0, 0.1) is 6.92 Å². The first-order chi connectivity index (χ1) is 7.10. The van der Waals surface area contributed by atoms with Gasteiger partial charge in [0.1, 0.15) is 0 Å². The van der Waals surface area contributed by atoms with Gasteiger partial charge in [0.2, 0.25) is 0 Å². The smallest absolute Gasteiger partial charge is 0.335 e. The molecular formula is C12H16O3. The number of methoxy groups -OCH3 is 1. The third-order valence-corrected chi connectivity index (χ3v) is 2.48. The minimum absolute atomic E-state index is 0.351. The predicted molar refractivity (Wildman–Crippen MR) is 58.2 cm³/mol. The fourth-order valence-corrected chi connectivity index (χ4v) is 1.68. The van der Waals surface area contributed by atoms with E-state index in [-0.39, 0.29) is 0 Å². The summed E-state index contributed by atoms with van der Waals surface area (Å²) in [7, 11) is 1.64. The Hall–Kier alpha value is -1.35. The van der Waals surface area contributed by atoms with E-state index < -0.39 is 5.97 Å². The standard InChI is InChI=1S/C12H16O3/c1-4-9-6-10(12(13)14)5-8(2)11(9)7-15-3/h5-6H,4,7H2,1-3H3,(H,13,14). The summed E-state index contributed by atoms with van der Waals surface area (Å²) in [6.45, 7) is 4.47. The molecule has 0 spiro atoms. The van der Waals surface area contributed by atoms with Crippen LogP contribution in [-0.4, -0.2) is 18.2 Å². The molecule has 0 unspecified atom stereocenters. The molecule has 1 aromatic rings. The lowest BCUT2D eigenvalue weighted by Gasteiger charge is -2.11. The lowest BCUT2D eigenvalue weighted by Crippen LogP contribution is -2.04. The van der Waals surface area contributed by atoms with Gasteiger partial charge in [-0.25, -0.2) is 4.79 Å². The molecule has 15 heavy (non-hydrogen) atoms. The molecule has 0 atom stereocenters. The Kier molecular flexibility index (Phi) is 3.86. The number of aryl methyl sites for hydroxylation is 2. The van der Waals surface area contributed by atoms with Crippen LogP contribution in [0.5, 0.6) is 0 Å². The van der Waals surface area contributed by atoms with Crippen LogP contribution in [0.3, 0.4) is 0 Å². The van der Waals surface area contributed by atoms with Crippen molar-refractivity contribution < 1.29 is 14.6 Å². The highest BCUT2D eigenvalue weighted by atomic mass is 16.5. The maximum absolute atomic E-state index is 10.9.